The van der Waals surface area contributed by atoms with Crippen molar-refractivity contribution in [3.05, 3.63) is 0 Å². The van der Waals surface area contributed by atoms with Gasteiger partial charge in [-0.3, -0.25) is 4.90 Å². The molecule has 0 radical (unpaired) electrons. The molecule has 1 unspecified atom stereocenters. The zero-order valence-electron chi connectivity index (χ0n) is 6.62. The predicted octanol–water partition coefficient (Wildman–Crippen LogP) is 0.139. The van der Waals surface area contributed by atoms with E-state index in [1.54, 1.807) is 0 Å². The molecule has 0 aromatic heterocycles. The monoisotopic (exact) mass is 159 g/mol. The van der Waals surface area contributed by atoms with E-state index in [4.69, 9.17) is 9.84 Å². The van der Waals surface area contributed by atoms with Gasteiger partial charge < -0.3 is 9.84 Å². The molecule has 1 rings (SSSR count). The molecule has 0 aromatic rings. The number of hydrogen-bond donors (Lipinski definition) is 1. The van der Waals surface area contributed by atoms with E-state index in [0.29, 0.717) is 0 Å². The van der Waals surface area contributed by atoms with Gasteiger partial charge in [0.2, 0.25) is 6.23 Å². The van der Waals surface area contributed by atoms with Crippen LogP contribution >= 0.6 is 0 Å². The van der Waals surface area contributed by atoms with E-state index in [2.05, 4.69) is 0 Å². The number of nitrogens with zero attached hydrogens (tertiary/aromatic N) is 1. The second kappa shape index (κ2) is 3.69. The van der Waals surface area contributed by atoms with Gasteiger partial charge in [0.05, 0.1) is 0 Å². The number of aliphatic carboxylic acids is 1. The first-order valence-electron chi connectivity index (χ1n) is 3.75. The van der Waals surface area contributed by atoms with E-state index < -0.39 is 12.2 Å². The second-order valence-electron chi connectivity index (χ2n) is 2.67. The van der Waals surface area contributed by atoms with Crippen molar-refractivity contribution in [1.29, 1.82) is 0 Å². The Labute approximate surface area is 65.8 Å². The molecule has 4 nitrogen and oxygen atoms in total. The number of ether oxygens (including phenoxy) is 1. The molecular weight excluding hydrogens is 146 g/mol. The Hall–Kier alpha value is -0.610. The fraction of sp³-hybridized carbons (Fsp3) is 0.857. The Morgan fingerprint density at radius 1 is 1.55 bits per heavy atom. The van der Waals surface area contributed by atoms with Crippen LogP contribution in [0, 0.1) is 0 Å². The minimum Gasteiger partial charge on any atom is -0.478 e. The zero-order valence-corrected chi connectivity index (χ0v) is 6.62. The molecule has 11 heavy (non-hydrogen) atoms. The third-order valence-corrected chi connectivity index (χ3v) is 1.91. The quantitative estimate of drug-likeness (QED) is 0.636. The van der Waals surface area contributed by atoms with Crippen LogP contribution in [0.5, 0.6) is 0 Å². The molecule has 1 fully saturated rings. The van der Waals surface area contributed by atoms with Gasteiger partial charge in [-0.25, -0.2) is 4.79 Å². The van der Waals surface area contributed by atoms with Crippen molar-refractivity contribution < 1.29 is 14.6 Å². The zero-order chi connectivity index (χ0) is 8.27. The maximum Gasteiger partial charge on any atom is 0.348 e. The molecular formula is C7H13NO3. The summed E-state index contributed by atoms with van der Waals surface area (Å²) in [5.41, 5.74) is 0. The summed E-state index contributed by atoms with van der Waals surface area (Å²) < 4.78 is 4.82. The van der Waals surface area contributed by atoms with Gasteiger partial charge in [-0.2, -0.15) is 0 Å². The lowest BCUT2D eigenvalue weighted by atomic mass is 10.4. The lowest BCUT2D eigenvalue weighted by Gasteiger charge is -2.21. The number of carbonyl (C=O) groups is 1. The summed E-state index contributed by atoms with van der Waals surface area (Å²) in [5, 5.41) is 8.67. The first kappa shape index (κ1) is 8.49. The van der Waals surface area contributed by atoms with E-state index >= 15 is 0 Å². The van der Waals surface area contributed by atoms with Crippen LogP contribution in [0.3, 0.4) is 0 Å². The van der Waals surface area contributed by atoms with E-state index in [9.17, 15) is 4.79 Å². The van der Waals surface area contributed by atoms with Gasteiger partial charge in [0.25, 0.3) is 0 Å². The molecule has 1 aliphatic heterocycles. The fourth-order valence-electron chi connectivity index (χ4n) is 1.38. The number of rotatable bonds is 3. The molecule has 4 heteroatoms. The largest absolute Gasteiger partial charge is 0.478 e. The Balaban J connectivity index is 2.46. The summed E-state index contributed by atoms with van der Waals surface area (Å²) in [5.74, 6) is -0.894. The van der Waals surface area contributed by atoms with Gasteiger partial charge in [-0.15, -0.1) is 0 Å². The van der Waals surface area contributed by atoms with Crippen molar-refractivity contribution in [2.45, 2.75) is 19.1 Å². The number of methoxy groups -OCH3 is 1. The molecule has 0 amide bonds. The number of carboxylic acids is 1. The van der Waals surface area contributed by atoms with Crippen molar-refractivity contribution in [2.24, 2.45) is 0 Å². The van der Waals surface area contributed by atoms with Crippen LogP contribution in [0.2, 0.25) is 0 Å². The molecule has 0 aromatic carbocycles. The minimum absolute atomic E-state index is 0.738. The minimum atomic E-state index is -0.894. The van der Waals surface area contributed by atoms with Crippen LogP contribution in [0.1, 0.15) is 12.8 Å². The highest BCUT2D eigenvalue weighted by atomic mass is 16.5. The standard InChI is InChI=1S/C7H13NO3/c1-11-6(7(9)10)8-4-2-3-5-8/h6H,2-5H2,1H3,(H,9,10). The van der Waals surface area contributed by atoms with E-state index in [1.165, 1.54) is 7.11 Å². The fourth-order valence-corrected chi connectivity index (χ4v) is 1.38. The van der Waals surface area contributed by atoms with Gasteiger partial charge in [0.15, 0.2) is 0 Å². The summed E-state index contributed by atoms with van der Waals surface area (Å²) in [7, 11) is 1.43. The molecule has 0 aliphatic carbocycles. The predicted molar refractivity (Wildman–Crippen MR) is 39.2 cm³/mol. The molecule has 0 bridgehead atoms. The average Bonchev–Trinajstić information content (AvgIpc) is 2.40. The SMILES string of the molecule is COC(C(=O)O)N1CCCC1. The summed E-state index contributed by atoms with van der Waals surface area (Å²) in [6.45, 7) is 1.68. The van der Waals surface area contributed by atoms with Gasteiger partial charge in [-0.1, -0.05) is 0 Å². The Morgan fingerprint density at radius 3 is 2.45 bits per heavy atom. The van der Waals surface area contributed by atoms with E-state index in [0.717, 1.165) is 25.9 Å². The third-order valence-electron chi connectivity index (χ3n) is 1.91. The Kier molecular flexibility index (Phi) is 2.84. The molecule has 1 saturated heterocycles. The Morgan fingerprint density at radius 2 is 2.09 bits per heavy atom. The Bertz CT molecular complexity index is 143. The van der Waals surface area contributed by atoms with Crippen LogP contribution in [0.4, 0.5) is 0 Å². The molecule has 0 spiro atoms. The normalized spacial score (nSPS) is 21.9. The van der Waals surface area contributed by atoms with Crippen molar-refractivity contribution in [3.8, 4) is 0 Å². The first-order valence-corrected chi connectivity index (χ1v) is 3.75. The lowest BCUT2D eigenvalue weighted by molar-refractivity contribution is -0.159. The van der Waals surface area contributed by atoms with Crippen LogP contribution in [0.25, 0.3) is 0 Å². The number of carboxylic acid groups (broad SMARTS) is 1. The summed E-state index contributed by atoms with van der Waals surface area (Å²) in [4.78, 5) is 12.4. The van der Waals surface area contributed by atoms with Crippen molar-refractivity contribution >= 4 is 5.97 Å². The van der Waals surface area contributed by atoms with E-state index in [-0.39, 0.29) is 0 Å². The molecule has 1 atom stereocenters. The smallest absolute Gasteiger partial charge is 0.348 e. The van der Waals surface area contributed by atoms with Crippen molar-refractivity contribution in [2.75, 3.05) is 20.2 Å². The highest BCUT2D eigenvalue weighted by Gasteiger charge is 2.26. The van der Waals surface area contributed by atoms with Gasteiger partial charge >= 0.3 is 5.97 Å². The molecule has 1 heterocycles. The summed E-state index contributed by atoms with van der Waals surface area (Å²) >= 11 is 0. The van der Waals surface area contributed by atoms with Crippen molar-refractivity contribution in [1.82, 2.24) is 4.90 Å². The van der Waals surface area contributed by atoms with Crippen molar-refractivity contribution in [3.63, 3.8) is 0 Å². The lowest BCUT2D eigenvalue weighted by Crippen LogP contribution is -2.40. The molecule has 1 N–H and O–H groups in total. The van der Waals surface area contributed by atoms with Crippen LogP contribution in [-0.4, -0.2) is 42.4 Å². The number of likely N-dealkylation sites (tertiary alicyclic amines) is 1. The first-order chi connectivity index (χ1) is 5.25. The molecule has 64 valence electrons. The third kappa shape index (κ3) is 1.91. The maximum absolute atomic E-state index is 10.6. The summed E-state index contributed by atoms with van der Waals surface area (Å²) in [6, 6.07) is 0. The number of hydrogen-bond acceptors (Lipinski definition) is 3. The summed E-state index contributed by atoms with van der Waals surface area (Å²) in [6.07, 6.45) is 1.41. The van der Waals surface area contributed by atoms with Gasteiger partial charge in [0, 0.05) is 20.2 Å². The highest BCUT2D eigenvalue weighted by molar-refractivity contribution is 5.71. The van der Waals surface area contributed by atoms with Gasteiger partial charge in [0.1, 0.15) is 0 Å². The average molecular weight is 159 g/mol. The van der Waals surface area contributed by atoms with Crippen LogP contribution < -0.4 is 0 Å². The molecule has 1 aliphatic rings. The topological polar surface area (TPSA) is 49.8 Å². The van der Waals surface area contributed by atoms with Gasteiger partial charge in [-0.05, 0) is 12.8 Å². The van der Waals surface area contributed by atoms with E-state index in [1.807, 2.05) is 4.90 Å². The maximum atomic E-state index is 10.6. The van der Waals surface area contributed by atoms with Crippen LogP contribution in [0.15, 0.2) is 0 Å². The van der Waals surface area contributed by atoms with Crippen LogP contribution in [-0.2, 0) is 9.53 Å². The molecule has 0 saturated carbocycles. The second-order valence-corrected chi connectivity index (χ2v) is 2.67. The highest BCUT2D eigenvalue weighted by Crippen LogP contribution is 2.11.